The molecule has 2 aromatic carbocycles. The van der Waals surface area contributed by atoms with Gasteiger partial charge in [0, 0.05) is 24.3 Å². The Hall–Kier alpha value is -4.27. The highest BCUT2D eigenvalue weighted by Gasteiger charge is 2.18. The topological polar surface area (TPSA) is 109 Å². The number of ether oxygens (including phenoxy) is 5. The standard InChI is InChI=1S/C26H29NO8/c1-3-24(28)31-16-10-15-27-26(30)35-22(18-32-21-12-6-5-7-13-21)19-33-23-14-9-8-11-20(23)17-34-25(29)4-2/h3-9,11-14,22H,1-2,10,15-19H2,(H,27,30). The minimum Gasteiger partial charge on any atom is -0.490 e. The van der Waals surface area contributed by atoms with Gasteiger partial charge >= 0.3 is 18.0 Å². The van der Waals surface area contributed by atoms with Gasteiger partial charge in [-0.25, -0.2) is 14.4 Å². The van der Waals surface area contributed by atoms with Crippen LogP contribution in [0.15, 0.2) is 79.9 Å². The molecule has 9 nitrogen and oxygen atoms in total. The molecule has 1 unspecified atom stereocenters. The lowest BCUT2D eigenvalue weighted by molar-refractivity contribution is -0.139. The second-order valence-corrected chi connectivity index (χ2v) is 7.03. The van der Waals surface area contributed by atoms with Crippen LogP contribution in [-0.4, -0.2) is 50.5 Å². The Labute approximate surface area is 204 Å². The molecule has 0 aliphatic heterocycles. The zero-order valence-corrected chi connectivity index (χ0v) is 19.4. The first kappa shape index (κ1) is 27.0. The van der Waals surface area contributed by atoms with E-state index in [1.165, 1.54) is 0 Å². The van der Waals surface area contributed by atoms with Crippen molar-refractivity contribution in [1.82, 2.24) is 5.32 Å². The summed E-state index contributed by atoms with van der Waals surface area (Å²) >= 11 is 0. The molecule has 0 fully saturated rings. The monoisotopic (exact) mass is 483 g/mol. The number of para-hydroxylation sites is 2. The van der Waals surface area contributed by atoms with E-state index in [1.54, 1.807) is 36.4 Å². The highest BCUT2D eigenvalue weighted by molar-refractivity contribution is 5.81. The number of esters is 2. The van der Waals surface area contributed by atoms with Crippen LogP contribution < -0.4 is 14.8 Å². The van der Waals surface area contributed by atoms with Crippen molar-refractivity contribution < 1.29 is 38.1 Å². The zero-order valence-electron chi connectivity index (χ0n) is 19.4. The molecule has 0 saturated carbocycles. The molecule has 0 aromatic heterocycles. The lowest BCUT2D eigenvalue weighted by Gasteiger charge is -2.20. The molecule has 9 heteroatoms. The number of nitrogens with one attached hydrogen (secondary N) is 1. The van der Waals surface area contributed by atoms with Crippen LogP contribution >= 0.6 is 0 Å². The summed E-state index contributed by atoms with van der Waals surface area (Å²) < 4.78 is 27.0. The molecule has 1 amide bonds. The van der Waals surface area contributed by atoms with Gasteiger partial charge in [0.15, 0.2) is 6.10 Å². The minimum atomic E-state index is -0.752. The van der Waals surface area contributed by atoms with E-state index in [-0.39, 0.29) is 33.0 Å². The molecule has 0 spiro atoms. The molecule has 0 bridgehead atoms. The van der Waals surface area contributed by atoms with Crippen LogP contribution in [0.4, 0.5) is 4.79 Å². The average Bonchev–Trinajstić information content (AvgIpc) is 2.89. The third-order valence-electron chi connectivity index (χ3n) is 4.39. The zero-order chi connectivity index (χ0) is 25.3. The number of alkyl carbamates (subject to hydrolysis) is 1. The van der Waals surface area contributed by atoms with Crippen LogP contribution in [0.1, 0.15) is 12.0 Å². The number of rotatable bonds is 15. The van der Waals surface area contributed by atoms with Gasteiger partial charge in [-0.3, -0.25) is 0 Å². The Kier molecular flexibility index (Phi) is 12.0. The van der Waals surface area contributed by atoms with E-state index in [2.05, 4.69) is 18.5 Å². The Morgan fingerprint density at radius 2 is 1.51 bits per heavy atom. The molecule has 0 aliphatic carbocycles. The summed E-state index contributed by atoms with van der Waals surface area (Å²) in [7, 11) is 0. The number of benzene rings is 2. The van der Waals surface area contributed by atoms with Gasteiger partial charge in [0.1, 0.15) is 31.3 Å². The van der Waals surface area contributed by atoms with E-state index in [4.69, 9.17) is 23.7 Å². The molecule has 1 atom stereocenters. The Balaban J connectivity index is 1.92. The van der Waals surface area contributed by atoms with Gasteiger partial charge in [0.05, 0.1) is 6.61 Å². The molecule has 0 radical (unpaired) electrons. The van der Waals surface area contributed by atoms with Crippen LogP contribution in [-0.2, 0) is 30.4 Å². The normalized spacial score (nSPS) is 10.9. The van der Waals surface area contributed by atoms with Gasteiger partial charge in [-0.15, -0.1) is 0 Å². The van der Waals surface area contributed by atoms with Gasteiger partial charge in [-0.1, -0.05) is 49.6 Å². The van der Waals surface area contributed by atoms with Crippen molar-refractivity contribution >= 4 is 18.0 Å². The van der Waals surface area contributed by atoms with E-state index in [0.717, 1.165) is 12.2 Å². The van der Waals surface area contributed by atoms with Crippen molar-refractivity contribution in [1.29, 1.82) is 0 Å². The van der Waals surface area contributed by atoms with Gasteiger partial charge in [0.25, 0.3) is 0 Å². The van der Waals surface area contributed by atoms with Crippen molar-refractivity contribution in [3.63, 3.8) is 0 Å². The van der Waals surface area contributed by atoms with Crippen LogP contribution in [0.2, 0.25) is 0 Å². The summed E-state index contributed by atoms with van der Waals surface area (Å²) in [4.78, 5) is 34.7. The smallest absolute Gasteiger partial charge is 0.407 e. The van der Waals surface area contributed by atoms with Gasteiger partial charge < -0.3 is 29.0 Å². The Morgan fingerprint density at radius 1 is 0.857 bits per heavy atom. The highest BCUT2D eigenvalue weighted by atomic mass is 16.6. The fourth-order valence-corrected chi connectivity index (χ4v) is 2.66. The summed E-state index contributed by atoms with van der Waals surface area (Å²) in [5.74, 6) is 0.0139. The summed E-state index contributed by atoms with van der Waals surface area (Å²) in [6.45, 7) is 7.11. The first-order valence-corrected chi connectivity index (χ1v) is 10.9. The van der Waals surface area contributed by atoms with Crippen molar-refractivity contribution in [2.24, 2.45) is 0 Å². The lowest BCUT2D eigenvalue weighted by Crippen LogP contribution is -2.36. The van der Waals surface area contributed by atoms with E-state index in [0.29, 0.717) is 23.5 Å². The third kappa shape index (κ3) is 10.9. The molecular formula is C26H29NO8. The van der Waals surface area contributed by atoms with Crippen molar-refractivity contribution in [3.8, 4) is 11.5 Å². The molecule has 35 heavy (non-hydrogen) atoms. The Bertz CT molecular complexity index is 976. The lowest BCUT2D eigenvalue weighted by atomic mass is 10.2. The Morgan fingerprint density at radius 3 is 2.26 bits per heavy atom. The summed E-state index contributed by atoms with van der Waals surface area (Å²) in [5.41, 5.74) is 0.643. The maximum atomic E-state index is 12.3. The summed E-state index contributed by atoms with van der Waals surface area (Å²) in [6, 6.07) is 16.1. The molecule has 0 heterocycles. The molecule has 2 rings (SSSR count). The van der Waals surface area contributed by atoms with Crippen LogP contribution in [0.5, 0.6) is 11.5 Å². The SMILES string of the molecule is C=CC(=O)OCCCNC(=O)OC(COc1ccccc1)COc1ccccc1COC(=O)C=C. The third-order valence-corrected chi connectivity index (χ3v) is 4.39. The minimum absolute atomic E-state index is 0.00395. The molecule has 1 N–H and O–H groups in total. The van der Waals surface area contributed by atoms with Crippen LogP contribution in [0.25, 0.3) is 0 Å². The van der Waals surface area contributed by atoms with E-state index >= 15 is 0 Å². The second kappa shape index (κ2) is 15.5. The van der Waals surface area contributed by atoms with Gasteiger partial charge in [0.2, 0.25) is 0 Å². The fourth-order valence-electron chi connectivity index (χ4n) is 2.66. The van der Waals surface area contributed by atoms with Crippen LogP contribution in [0, 0.1) is 0 Å². The highest BCUT2D eigenvalue weighted by Crippen LogP contribution is 2.20. The predicted octanol–water partition coefficient (Wildman–Crippen LogP) is 3.59. The van der Waals surface area contributed by atoms with Crippen molar-refractivity contribution in [2.45, 2.75) is 19.1 Å². The first-order chi connectivity index (χ1) is 17.0. The van der Waals surface area contributed by atoms with Gasteiger partial charge in [-0.05, 0) is 24.6 Å². The second-order valence-electron chi connectivity index (χ2n) is 7.03. The largest absolute Gasteiger partial charge is 0.490 e. The molecule has 2 aromatic rings. The fraction of sp³-hybridized carbons (Fsp3) is 0.269. The maximum absolute atomic E-state index is 12.3. The molecule has 186 valence electrons. The van der Waals surface area contributed by atoms with E-state index in [1.807, 2.05) is 18.2 Å². The molecule has 0 saturated heterocycles. The van der Waals surface area contributed by atoms with Gasteiger partial charge in [-0.2, -0.15) is 0 Å². The first-order valence-electron chi connectivity index (χ1n) is 10.9. The van der Waals surface area contributed by atoms with Crippen LogP contribution in [0.3, 0.4) is 0 Å². The molecular weight excluding hydrogens is 454 g/mol. The summed E-state index contributed by atoms with van der Waals surface area (Å²) in [6.07, 6.45) is 1.14. The maximum Gasteiger partial charge on any atom is 0.407 e. The number of amides is 1. The predicted molar refractivity (Wildman–Crippen MR) is 128 cm³/mol. The van der Waals surface area contributed by atoms with E-state index < -0.39 is 24.1 Å². The van der Waals surface area contributed by atoms with Crippen molar-refractivity contribution in [2.75, 3.05) is 26.4 Å². The quantitative estimate of drug-likeness (QED) is 0.177. The van der Waals surface area contributed by atoms with E-state index in [9.17, 15) is 14.4 Å². The average molecular weight is 484 g/mol. The summed E-state index contributed by atoms with van der Waals surface area (Å²) in [5, 5.41) is 2.60. The van der Waals surface area contributed by atoms with Crippen molar-refractivity contribution in [3.05, 3.63) is 85.5 Å². The number of carbonyl (C=O) groups excluding carboxylic acids is 3. The number of hydrogen-bond acceptors (Lipinski definition) is 8. The molecule has 0 aliphatic rings. The number of carbonyl (C=O) groups is 3. The number of hydrogen-bond donors (Lipinski definition) is 1.